The Morgan fingerprint density at radius 2 is 2.12 bits per heavy atom. The highest BCUT2D eigenvalue weighted by molar-refractivity contribution is 7.71. The van der Waals surface area contributed by atoms with Gasteiger partial charge >= 0.3 is 5.97 Å². The summed E-state index contributed by atoms with van der Waals surface area (Å²) in [5.74, 6) is -0.546. The minimum Gasteiger partial charge on any atom is -0.481 e. The molecular weight excluding hydrogens is 226 g/mol. The van der Waals surface area contributed by atoms with Crippen LogP contribution in [0.4, 0.5) is 0 Å². The van der Waals surface area contributed by atoms with Crippen LogP contribution in [0.15, 0.2) is 30.3 Å². The van der Waals surface area contributed by atoms with Crippen molar-refractivity contribution in [1.82, 2.24) is 14.8 Å². The molecule has 1 heterocycles. The van der Waals surface area contributed by atoms with Gasteiger partial charge in [0.1, 0.15) is 12.2 Å². The van der Waals surface area contributed by atoms with Crippen molar-refractivity contribution in [3.63, 3.8) is 0 Å². The van der Waals surface area contributed by atoms with Gasteiger partial charge in [-0.25, -0.2) is 0 Å². The number of carbonyl (C=O) groups is 1. The minimum absolute atomic E-state index is 0.165. The first-order chi connectivity index (χ1) is 7.68. The normalized spacial score (nSPS) is 10.2. The number of rotatable bonds is 3. The van der Waals surface area contributed by atoms with Crippen LogP contribution in [0, 0.1) is 4.77 Å². The first-order valence-electron chi connectivity index (χ1n) is 4.62. The number of nitrogens with zero attached hydrogens (tertiary/aromatic N) is 2. The van der Waals surface area contributed by atoms with E-state index in [0.29, 0.717) is 10.6 Å². The standard InChI is InChI=1S/C10H9N3O2S/c14-9(15)6-8-11-12-10(16)13(8)7-4-2-1-3-5-7/h1-5H,6H2,(H,12,16)(H,14,15). The first-order valence-corrected chi connectivity index (χ1v) is 5.03. The van der Waals surface area contributed by atoms with Crippen molar-refractivity contribution < 1.29 is 9.90 Å². The molecule has 0 aliphatic carbocycles. The second-order valence-electron chi connectivity index (χ2n) is 3.19. The Morgan fingerprint density at radius 1 is 1.44 bits per heavy atom. The molecule has 0 aliphatic heterocycles. The number of carboxylic acids is 1. The summed E-state index contributed by atoms with van der Waals surface area (Å²) in [4.78, 5) is 10.7. The molecule has 0 fully saturated rings. The molecule has 0 bridgehead atoms. The van der Waals surface area contributed by atoms with E-state index in [1.807, 2.05) is 30.3 Å². The predicted molar refractivity (Wildman–Crippen MR) is 60.1 cm³/mol. The van der Waals surface area contributed by atoms with E-state index >= 15 is 0 Å². The van der Waals surface area contributed by atoms with E-state index < -0.39 is 5.97 Å². The Bertz CT molecular complexity index is 559. The molecule has 2 aromatic rings. The SMILES string of the molecule is O=C(O)Cc1n[nH]c(=S)n1-c1ccccc1. The largest absolute Gasteiger partial charge is 0.481 e. The van der Waals surface area contributed by atoms with Crippen LogP contribution < -0.4 is 0 Å². The van der Waals surface area contributed by atoms with E-state index in [4.69, 9.17) is 17.3 Å². The molecular formula is C10H9N3O2S. The fourth-order valence-electron chi connectivity index (χ4n) is 1.43. The van der Waals surface area contributed by atoms with E-state index in [2.05, 4.69) is 10.2 Å². The summed E-state index contributed by atoms with van der Waals surface area (Å²) in [6, 6.07) is 9.28. The lowest BCUT2D eigenvalue weighted by atomic mass is 10.3. The lowest BCUT2D eigenvalue weighted by Crippen LogP contribution is -2.08. The summed E-state index contributed by atoms with van der Waals surface area (Å²) in [5, 5.41) is 15.2. The third-order valence-corrected chi connectivity index (χ3v) is 2.34. The van der Waals surface area contributed by atoms with Crippen LogP contribution in [0.2, 0.25) is 0 Å². The van der Waals surface area contributed by atoms with E-state index in [9.17, 15) is 4.79 Å². The molecule has 2 rings (SSSR count). The number of para-hydroxylation sites is 1. The van der Waals surface area contributed by atoms with Gasteiger partial charge in [0, 0.05) is 5.69 Å². The van der Waals surface area contributed by atoms with E-state index in [-0.39, 0.29) is 6.42 Å². The maximum atomic E-state index is 10.7. The second kappa shape index (κ2) is 4.28. The van der Waals surface area contributed by atoms with Crippen molar-refractivity contribution in [3.8, 4) is 5.69 Å². The second-order valence-corrected chi connectivity index (χ2v) is 3.57. The molecule has 6 heteroatoms. The van der Waals surface area contributed by atoms with E-state index in [0.717, 1.165) is 5.69 Å². The summed E-state index contributed by atoms with van der Waals surface area (Å²) >= 11 is 5.06. The van der Waals surface area contributed by atoms with Gasteiger partial charge in [-0.2, -0.15) is 5.10 Å². The lowest BCUT2D eigenvalue weighted by Gasteiger charge is -2.04. The molecule has 16 heavy (non-hydrogen) atoms. The quantitative estimate of drug-likeness (QED) is 0.792. The van der Waals surface area contributed by atoms with Gasteiger partial charge in [0.2, 0.25) is 0 Å². The number of hydrogen-bond acceptors (Lipinski definition) is 3. The van der Waals surface area contributed by atoms with E-state index in [1.54, 1.807) is 4.57 Å². The number of nitrogens with one attached hydrogen (secondary N) is 1. The molecule has 0 saturated carbocycles. The average Bonchev–Trinajstić information content (AvgIpc) is 2.60. The predicted octanol–water partition coefficient (Wildman–Crippen LogP) is 1.56. The number of H-pyrrole nitrogens is 1. The zero-order valence-electron chi connectivity index (χ0n) is 8.25. The molecule has 0 saturated heterocycles. The first kappa shape index (κ1) is 10.6. The molecule has 0 unspecified atom stereocenters. The molecule has 2 N–H and O–H groups in total. The number of aromatic amines is 1. The van der Waals surface area contributed by atoms with Gasteiger partial charge in [0.15, 0.2) is 4.77 Å². The minimum atomic E-state index is -0.939. The zero-order valence-corrected chi connectivity index (χ0v) is 9.07. The Balaban J connectivity index is 2.52. The van der Waals surface area contributed by atoms with Crippen LogP contribution in [0.25, 0.3) is 5.69 Å². The van der Waals surface area contributed by atoms with Gasteiger partial charge in [-0.3, -0.25) is 14.5 Å². The summed E-state index contributed by atoms with van der Waals surface area (Å²) in [7, 11) is 0. The van der Waals surface area contributed by atoms with Gasteiger partial charge in [-0.1, -0.05) is 18.2 Å². The Labute approximate surface area is 96.4 Å². The molecule has 0 atom stereocenters. The Morgan fingerprint density at radius 3 is 2.75 bits per heavy atom. The third-order valence-electron chi connectivity index (χ3n) is 2.07. The van der Waals surface area contributed by atoms with Gasteiger partial charge in [-0.15, -0.1) is 0 Å². The van der Waals surface area contributed by atoms with Crippen LogP contribution >= 0.6 is 12.2 Å². The smallest absolute Gasteiger partial charge is 0.311 e. The molecule has 0 radical (unpaired) electrons. The van der Waals surface area contributed by atoms with E-state index in [1.165, 1.54) is 0 Å². The Hall–Kier alpha value is -1.95. The lowest BCUT2D eigenvalue weighted by molar-refractivity contribution is -0.136. The van der Waals surface area contributed by atoms with Crippen LogP contribution in [0.1, 0.15) is 5.82 Å². The molecule has 0 spiro atoms. The van der Waals surface area contributed by atoms with Crippen molar-refractivity contribution in [2.75, 3.05) is 0 Å². The maximum Gasteiger partial charge on any atom is 0.311 e. The molecule has 1 aromatic heterocycles. The summed E-state index contributed by atoms with van der Waals surface area (Å²) in [6.45, 7) is 0. The average molecular weight is 235 g/mol. The molecule has 1 aromatic carbocycles. The molecule has 5 nitrogen and oxygen atoms in total. The molecule has 0 aliphatic rings. The van der Waals surface area contributed by atoms with Crippen molar-refractivity contribution in [3.05, 3.63) is 40.9 Å². The number of hydrogen-bond donors (Lipinski definition) is 2. The topological polar surface area (TPSA) is 70.9 Å². The highest BCUT2D eigenvalue weighted by Crippen LogP contribution is 2.10. The van der Waals surface area contributed by atoms with Gasteiger partial charge in [-0.05, 0) is 24.4 Å². The fourth-order valence-corrected chi connectivity index (χ4v) is 1.68. The van der Waals surface area contributed by atoms with Crippen molar-refractivity contribution in [1.29, 1.82) is 0 Å². The summed E-state index contributed by atoms with van der Waals surface area (Å²) in [5.41, 5.74) is 0.803. The van der Waals surface area contributed by atoms with Crippen molar-refractivity contribution in [2.45, 2.75) is 6.42 Å². The summed E-state index contributed by atoms with van der Waals surface area (Å²) < 4.78 is 2.01. The monoisotopic (exact) mass is 235 g/mol. The van der Waals surface area contributed by atoms with Crippen LogP contribution in [-0.2, 0) is 11.2 Å². The molecule has 0 amide bonds. The fraction of sp³-hybridized carbons (Fsp3) is 0.100. The van der Waals surface area contributed by atoms with Crippen LogP contribution in [0.3, 0.4) is 0 Å². The zero-order chi connectivity index (χ0) is 11.5. The van der Waals surface area contributed by atoms with Crippen LogP contribution in [0.5, 0.6) is 0 Å². The number of carboxylic acid groups (broad SMARTS) is 1. The number of benzene rings is 1. The van der Waals surface area contributed by atoms with Crippen molar-refractivity contribution >= 4 is 18.2 Å². The third kappa shape index (κ3) is 2.01. The van der Waals surface area contributed by atoms with Gasteiger partial charge < -0.3 is 5.11 Å². The highest BCUT2D eigenvalue weighted by atomic mass is 32.1. The van der Waals surface area contributed by atoms with Crippen LogP contribution in [-0.4, -0.2) is 25.8 Å². The number of aromatic nitrogens is 3. The Kier molecular flexibility index (Phi) is 2.82. The van der Waals surface area contributed by atoms with Crippen molar-refractivity contribution in [2.24, 2.45) is 0 Å². The number of aliphatic carboxylic acids is 1. The molecule has 82 valence electrons. The maximum absolute atomic E-state index is 10.7. The van der Waals surface area contributed by atoms with Gasteiger partial charge in [0.05, 0.1) is 0 Å². The summed E-state index contributed by atoms with van der Waals surface area (Å²) in [6.07, 6.45) is -0.165. The van der Waals surface area contributed by atoms with Gasteiger partial charge in [0.25, 0.3) is 0 Å². The highest BCUT2D eigenvalue weighted by Gasteiger charge is 2.11.